The molecular weight excluding hydrogens is 247 g/mol. The van der Waals surface area contributed by atoms with Crippen molar-refractivity contribution in [3.63, 3.8) is 0 Å². The third-order valence-corrected chi connectivity index (χ3v) is 3.33. The largest absolute Gasteiger partial charge is 0.283 e. The number of rotatable bonds is 3. The van der Waals surface area contributed by atoms with Gasteiger partial charge in [-0.2, -0.15) is 13.5 Å². The summed E-state index contributed by atoms with van der Waals surface area (Å²) in [5, 5.41) is 3.15. The molecule has 17 heavy (non-hydrogen) atoms. The molecule has 0 fully saturated rings. The first-order chi connectivity index (χ1) is 8.00. The van der Waals surface area contributed by atoms with Crippen molar-refractivity contribution in [3.8, 4) is 0 Å². The minimum Gasteiger partial charge on any atom is -0.262 e. The monoisotopic (exact) mass is 256 g/mol. The van der Waals surface area contributed by atoms with Crippen molar-refractivity contribution in [1.29, 1.82) is 0 Å². The zero-order valence-electron chi connectivity index (χ0n) is 8.83. The number of anilines is 1. The van der Waals surface area contributed by atoms with Gasteiger partial charge in [-0.15, -0.1) is 0 Å². The van der Waals surface area contributed by atoms with Crippen LogP contribution in [-0.2, 0) is 17.1 Å². The Balaban J connectivity index is 2.39. The Morgan fingerprint density at radius 3 is 2.71 bits per heavy atom. The van der Waals surface area contributed by atoms with Gasteiger partial charge in [-0.05, 0) is 12.1 Å². The first-order valence-electron chi connectivity index (χ1n) is 4.62. The number of aryl methyl sites for hydroxylation is 1. The normalized spacial score (nSPS) is 11.4. The highest BCUT2D eigenvalue weighted by Crippen LogP contribution is 2.15. The van der Waals surface area contributed by atoms with E-state index in [9.17, 15) is 12.8 Å². The molecule has 0 saturated carbocycles. The van der Waals surface area contributed by atoms with Gasteiger partial charge in [0.2, 0.25) is 5.03 Å². The summed E-state index contributed by atoms with van der Waals surface area (Å²) in [6.07, 6.45) is 2.63. The fourth-order valence-electron chi connectivity index (χ4n) is 1.23. The van der Waals surface area contributed by atoms with Crippen molar-refractivity contribution in [1.82, 2.24) is 14.8 Å². The van der Waals surface area contributed by atoms with E-state index in [0.29, 0.717) is 0 Å². The van der Waals surface area contributed by atoms with Crippen LogP contribution in [0.4, 0.5) is 10.2 Å². The Labute approximate surface area is 97.2 Å². The SMILES string of the molecule is Cn1nccc1NS(=O)(=O)c1ncccc1F. The van der Waals surface area contributed by atoms with Gasteiger partial charge in [0.15, 0.2) is 5.82 Å². The van der Waals surface area contributed by atoms with Crippen molar-refractivity contribution >= 4 is 15.8 Å². The highest BCUT2D eigenvalue weighted by Gasteiger charge is 2.21. The molecule has 0 radical (unpaired) electrons. The number of nitrogens with one attached hydrogen (secondary N) is 1. The first kappa shape index (κ1) is 11.5. The molecule has 0 aliphatic heterocycles. The van der Waals surface area contributed by atoms with Gasteiger partial charge in [-0.25, -0.2) is 9.37 Å². The van der Waals surface area contributed by atoms with E-state index in [1.165, 1.54) is 29.2 Å². The highest BCUT2D eigenvalue weighted by molar-refractivity contribution is 7.92. The molecule has 0 saturated heterocycles. The Kier molecular flexibility index (Phi) is 2.80. The molecule has 0 aliphatic rings. The van der Waals surface area contributed by atoms with Crippen LogP contribution in [0.15, 0.2) is 35.6 Å². The molecule has 0 aromatic carbocycles. The fourth-order valence-corrected chi connectivity index (χ4v) is 2.33. The van der Waals surface area contributed by atoms with Crippen LogP contribution >= 0.6 is 0 Å². The number of nitrogens with zero attached hydrogens (tertiary/aromatic N) is 3. The summed E-state index contributed by atoms with van der Waals surface area (Å²) in [7, 11) is -2.47. The van der Waals surface area contributed by atoms with Gasteiger partial charge in [0.1, 0.15) is 5.82 Å². The molecule has 8 heteroatoms. The molecule has 2 aromatic heterocycles. The van der Waals surface area contributed by atoms with Gasteiger partial charge in [0.05, 0.1) is 6.20 Å². The maximum Gasteiger partial charge on any atom is 0.283 e. The van der Waals surface area contributed by atoms with E-state index >= 15 is 0 Å². The first-order valence-corrected chi connectivity index (χ1v) is 6.10. The molecular formula is C9H9FN4O2S. The lowest BCUT2D eigenvalue weighted by Gasteiger charge is -2.07. The lowest BCUT2D eigenvalue weighted by molar-refractivity contribution is 0.556. The summed E-state index contributed by atoms with van der Waals surface area (Å²) in [6.45, 7) is 0. The number of halogens is 1. The Morgan fingerprint density at radius 1 is 1.35 bits per heavy atom. The minimum atomic E-state index is -4.03. The van der Waals surface area contributed by atoms with E-state index in [1.54, 1.807) is 7.05 Å². The number of aromatic nitrogens is 3. The smallest absolute Gasteiger partial charge is 0.262 e. The average Bonchev–Trinajstić information content (AvgIpc) is 2.64. The van der Waals surface area contributed by atoms with Crippen LogP contribution in [0.1, 0.15) is 0 Å². The van der Waals surface area contributed by atoms with Gasteiger partial charge < -0.3 is 0 Å². The molecule has 1 N–H and O–H groups in total. The van der Waals surface area contributed by atoms with Crippen LogP contribution in [0.3, 0.4) is 0 Å². The van der Waals surface area contributed by atoms with Gasteiger partial charge in [0, 0.05) is 19.3 Å². The molecule has 2 rings (SSSR count). The van der Waals surface area contributed by atoms with Crippen LogP contribution in [0.2, 0.25) is 0 Å². The van der Waals surface area contributed by atoms with Crippen molar-refractivity contribution in [2.45, 2.75) is 5.03 Å². The predicted octanol–water partition coefficient (Wildman–Crippen LogP) is 0.755. The molecule has 6 nitrogen and oxygen atoms in total. The summed E-state index contributed by atoms with van der Waals surface area (Å²) >= 11 is 0. The Morgan fingerprint density at radius 2 is 2.12 bits per heavy atom. The summed E-state index contributed by atoms with van der Waals surface area (Å²) in [4.78, 5) is 3.51. The third kappa shape index (κ3) is 2.26. The zero-order chi connectivity index (χ0) is 12.5. The van der Waals surface area contributed by atoms with E-state index in [2.05, 4.69) is 14.8 Å². The second-order valence-electron chi connectivity index (χ2n) is 3.24. The molecule has 0 bridgehead atoms. The van der Waals surface area contributed by atoms with Gasteiger partial charge in [-0.1, -0.05) is 0 Å². The lowest BCUT2D eigenvalue weighted by atomic mass is 10.5. The lowest BCUT2D eigenvalue weighted by Crippen LogP contribution is -2.18. The Hall–Kier alpha value is -1.96. The van der Waals surface area contributed by atoms with Crippen LogP contribution < -0.4 is 4.72 Å². The second-order valence-corrected chi connectivity index (χ2v) is 4.83. The number of sulfonamides is 1. The molecule has 0 amide bonds. The standard InChI is InChI=1S/C9H9FN4O2S/c1-14-8(4-6-12-14)13-17(15,16)9-7(10)3-2-5-11-9/h2-6,13H,1H3. The maximum absolute atomic E-state index is 13.3. The van der Waals surface area contributed by atoms with E-state index in [4.69, 9.17) is 0 Å². The summed E-state index contributed by atoms with van der Waals surface area (Å²) in [5.41, 5.74) is 0. The average molecular weight is 256 g/mol. The quantitative estimate of drug-likeness (QED) is 0.879. The van der Waals surface area contributed by atoms with Gasteiger partial charge in [-0.3, -0.25) is 9.40 Å². The second kappa shape index (κ2) is 4.13. The maximum atomic E-state index is 13.3. The molecule has 2 heterocycles. The van der Waals surface area contributed by atoms with Crippen molar-refractivity contribution in [3.05, 3.63) is 36.4 Å². The van der Waals surface area contributed by atoms with Crippen molar-refractivity contribution in [2.24, 2.45) is 7.05 Å². The summed E-state index contributed by atoms with van der Waals surface area (Å²) in [6, 6.07) is 3.81. The third-order valence-electron chi connectivity index (χ3n) is 2.04. The Bertz CT molecular complexity index is 638. The van der Waals surface area contributed by atoms with Crippen molar-refractivity contribution in [2.75, 3.05) is 4.72 Å². The van der Waals surface area contributed by atoms with Crippen molar-refractivity contribution < 1.29 is 12.8 Å². The molecule has 0 aliphatic carbocycles. The molecule has 90 valence electrons. The number of hydrogen-bond donors (Lipinski definition) is 1. The number of hydrogen-bond acceptors (Lipinski definition) is 4. The number of pyridine rings is 1. The molecule has 2 aromatic rings. The van der Waals surface area contributed by atoms with Gasteiger partial charge in [0.25, 0.3) is 10.0 Å². The summed E-state index contributed by atoms with van der Waals surface area (Å²) < 4.78 is 40.5. The van der Waals surface area contributed by atoms with Gasteiger partial charge >= 0.3 is 0 Å². The highest BCUT2D eigenvalue weighted by atomic mass is 32.2. The fraction of sp³-hybridized carbons (Fsp3) is 0.111. The predicted molar refractivity (Wildman–Crippen MR) is 58.2 cm³/mol. The van der Waals surface area contributed by atoms with Crippen LogP contribution in [0.25, 0.3) is 0 Å². The molecule has 0 spiro atoms. The minimum absolute atomic E-state index is 0.232. The van der Waals surface area contributed by atoms with E-state index in [0.717, 1.165) is 6.07 Å². The van der Waals surface area contributed by atoms with Crippen LogP contribution in [-0.4, -0.2) is 23.2 Å². The summed E-state index contributed by atoms with van der Waals surface area (Å²) in [5.74, 6) is -0.669. The van der Waals surface area contributed by atoms with E-state index in [1.807, 2.05) is 0 Å². The van der Waals surface area contributed by atoms with Crippen LogP contribution in [0.5, 0.6) is 0 Å². The van der Waals surface area contributed by atoms with E-state index < -0.39 is 20.9 Å². The van der Waals surface area contributed by atoms with Crippen LogP contribution in [0, 0.1) is 5.82 Å². The zero-order valence-corrected chi connectivity index (χ0v) is 9.65. The molecule has 0 atom stereocenters. The molecule has 0 unspecified atom stereocenters. The van der Waals surface area contributed by atoms with E-state index in [-0.39, 0.29) is 5.82 Å². The topological polar surface area (TPSA) is 76.9 Å².